The van der Waals surface area contributed by atoms with Crippen LogP contribution in [-0.2, 0) is 32.1 Å². The molecule has 1 aromatic carbocycles. The molecule has 1 aliphatic carbocycles. The molecule has 1 atom stereocenters. The van der Waals surface area contributed by atoms with Gasteiger partial charge >= 0.3 is 5.97 Å². The largest absolute Gasteiger partial charge is 0.493 e. The SMILES string of the molecule is CCOC(=O)C1(CC2CC2)CNC(=O)CCCN(C(=O)c2csc(CN(C)C)n2)CCNC(=O)COc2cc(ccc2OC)C1. The lowest BCUT2D eigenvalue weighted by molar-refractivity contribution is -0.156. The van der Waals surface area contributed by atoms with Crippen LogP contribution in [0.25, 0.3) is 0 Å². The van der Waals surface area contributed by atoms with Crippen molar-refractivity contribution in [2.45, 2.75) is 52.0 Å². The van der Waals surface area contributed by atoms with E-state index in [9.17, 15) is 19.2 Å². The number of esters is 1. The van der Waals surface area contributed by atoms with E-state index >= 15 is 0 Å². The molecule has 2 bridgehead atoms. The number of rotatable bonds is 8. The fraction of sp³-hybridized carbons (Fsp3) is 0.594. The highest BCUT2D eigenvalue weighted by molar-refractivity contribution is 7.09. The first-order valence-electron chi connectivity index (χ1n) is 15.5. The Bertz CT molecular complexity index is 1340. The average molecular weight is 644 g/mol. The minimum atomic E-state index is -0.974. The van der Waals surface area contributed by atoms with Crippen LogP contribution in [0.5, 0.6) is 11.5 Å². The average Bonchev–Trinajstić information content (AvgIpc) is 3.70. The lowest BCUT2D eigenvalue weighted by Gasteiger charge is -2.32. The Morgan fingerprint density at radius 1 is 1.18 bits per heavy atom. The molecule has 3 amide bonds. The molecule has 12 nitrogen and oxygen atoms in total. The van der Waals surface area contributed by atoms with Crippen molar-refractivity contribution in [1.82, 2.24) is 25.4 Å². The summed E-state index contributed by atoms with van der Waals surface area (Å²) in [7, 11) is 5.39. The van der Waals surface area contributed by atoms with Gasteiger partial charge in [0.15, 0.2) is 18.1 Å². The molecule has 2 aromatic rings. The Morgan fingerprint density at radius 2 is 1.98 bits per heavy atom. The molecule has 1 saturated carbocycles. The molecule has 246 valence electrons. The van der Waals surface area contributed by atoms with Crippen LogP contribution in [0.4, 0.5) is 0 Å². The third-order valence-corrected chi connectivity index (χ3v) is 8.72. The van der Waals surface area contributed by atoms with Crippen molar-refractivity contribution in [3.63, 3.8) is 0 Å². The summed E-state index contributed by atoms with van der Waals surface area (Å²) >= 11 is 1.42. The molecule has 2 aliphatic rings. The highest BCUT2D eigenvalue weighted by Gasteiger charge is 2.44. The number of carbonyl (C=O) groups excluding carboxylic acids is 4. The second-order valence-electron chi connectivity index (χ2n) is 12.0. The van der Waals surface area contributed by atoms with E-state index in [-0.39, 0.29) is 63.0 Å². The number of nitrogens with zero attached hydrogens (tertiary/aromatic N) is 3. The molecule has 1 aliphatic heterocycles. The van der Waals surface area contributed by atoms with E-state index in [1.54, 1.807) is 29.3 Å². The third kappa shape index (κ3) is 9.89. The summed E-state index contributed by atoms with van der Waals surface area (Å²) in [6, 6.07) is 5.39. The molecule has 45 heavy (non-hydrogen) atoms. The molecule has 4 rings (SSSR count). The zero-order valence-corrected chi connectivity index (χ0v) is 27.5. The highest BCUT2D eigenvalue weighted by Crippen LogP contribution is 2.43. The Balaban J connectivity index is 1.58. The Labute approximate surface area is 268 Å². The van der Waals surface area contributed by atoms with Crippen molar-refractivity contribution in [2.24, 2.45) is 11.3 Å². The van der Waals surface area contributed by atoms with E-state index < -0.39 is 5.41 Å². The molecule has 0 spiro atoms. The number of hydrogen-bond donors (Lipinski definition) is 2. The summed E-state index contributed by atoms with van der Waals surface area (Å²) in [6.07, 6.45) is 3.53. The first-order valence-corrected chi connectivity index (χ1v) is 16.4. The van der Waals surface area contributed by atoms with Gasteiger partial charge in [0.25, 0.3) is 11.8 Å². The maximum Gasteiger partial charge on any atom is 0.314 e. The molecule has 0 saturated heterocycles. The Hall–Kier alpha value is -3.71. The summed E-state index contributed by atoms with van der Waals surface area (Å²) in [5.41, 5.74) is 0.169. The minimum Gasteiger partial charge on any atom is -0.493 e. The van der Waals surface area contributed by atoms with Crippen LogP contribution in [0.2, 0.25) is 0 Å². The van der Waals surface area contributed by atoms with Gasteiger partial charge in [-0.3, -0.25) is 19.2 Å². The molecular weight excluding hydrogens is 598 g/mol. The fourth-order valence-corrected chi connectivity index (χ4v) is 6.35. The molecular formula is C32H45N5O7S. The first kappa shape index (κ1) is 34.2. The fourth-order valence-electron chi connectivity index (χ4n) is 5.47. The molecule has 1 fully saturated rings. The van der Waals surface area contributed by atoms with E-state index in [1.807, 2.05) is 25.1 Å². The van der Waals surface area contributed by atoms with Gasteiger partial charge in [-0.2, -0.15) is 0 Å². The number of amides is 3. The van der Waals surface area contributed by atoms with Gasteiger partial charge in [-0.25, -0.2) is 4.98 Å². The number of thiazole rings is 1. The van der Waals surface area contributed by atoms with Crippen molar-refractivity contribution in [2.75, 3.05) is 60.6 Å². The van der Waals surface area contributed by atoms with Crippen LogP contribution in [0.15, 0.2) is 23.6 Å². The van der Waals surface area contributed by atoms with Gasteiger partial charge in [0.2, 0.25) is 5.91 Å². The van der Waals surface area contributed by atoms with Crippen LogP contribution in [0.3, 0.4) is 0 Å². The lowest BCUT2D eigenvalue weighted by Crippen LogP contribution is -2.46. The predicted octanol–water partition coefficient (Wildman–Crippen LogP) is 2.65. The number of ether oxygens (including phenoxy) is 3. The van der Waals surface area contributed by atoms with E-state index in [0.29, 0.717) is 55.5 Å². The minimum absolute atomic E-state index is 0.127. The smallest absolute Gasteiger partial charge is 0.314 e. The predicted molar refractivity (Wildman–Crippen MR) is 169 cm³/mol. The van der Waals surface area contributed by atoms with Crippen LogP contribution in [-0.4, -0.2) is 99.1 Å². The second kappa shape index (κ2) is 16.0. The van der Waals surface area contributed by atoms with E-state index in [1.165, 1.54) is 18.4 Å². The highest BCUT2D eigenvalue weighted by atomic mass is 32.1. The summed E-state index contributed by atoms with van der Waals surface area (Å²) in [5, 5.41) is 8.39. The standard InChI is InChI=1S/C32H45N5O7S/c1-5-43-31(41)32(16-22-8-9-22)17-23-10-11-25(42-4)26(15-23)44-19-28(39)33-12-14-37(13-6-7-27(38)34-21-32)30(40)24-20-45-29(35-24)18-36(2)3/h10-11,15,20,22H,5-9,12-14,16-19,21H2,1-4H3,(H,33,39)(H,34,38). The van der Waals surface area contributed by atoms with E-state index in [4.69, 9.17) is 14.2 Å². The number of benzene rings is 1. The summed E-state index contributed by atoms with van der Waals surface area (Å²) in [5.74, 6) is 0.0289. The van der Waals surface area contributed by atoms with Gasteiger partial charge in [0.05, 0.1) is 19.1 Å². The van der Waals surface area contributed by atoms with Crippen molar-refractivity contribution in [3.8, 4) is 11.5 Å². The quantitative estimate of drug-likeness (QED) is 0.416. The maximum absolute atomic E-state index is 13.6. The maximum atomic E-state index is 13.6. The number of fused-ring (bicyclic) bond motifs is 2. The van der Waals surface area contributed by atoms with Crippen molar-refractivity contribution in [1.29, 1.82) is 0 Å². The molecule has 1 unspecified atom stereocenters. The van der Waals surface area contributed by atoms with Crippen molar-refractivity contribution < 1.29 is 33.4 Å². The van der Waals surface area contributed by atoms with Crippen LogP contribution < -0.4 is 20.1 Å². The summed E-state index contributed by atoms with van der Waals surface area (Å²) in [4.78, 5) is 61.0. The van der Waals surface area contributed by atoms with Crippen molar-refractivity contribution >= 4 is 35.0 Å². The van der Waals surface area contributed by atoms with Crippen LogP contribution >= 0.6 is 11.3 Å². The monoisotopic (exact) mass is 643 g/mol. The van der Waals surface area contributed by atoms with Gasteiger partial charge in [0, 0.05) is 44.5 Å². The number of hydrogen-bond acceptors (Lipinski definition) is 10. The molecule has 13 heteroatoms. The first-order chi connectivity index (χ1) is 21.6. The molecule has 2 heterocycles. The van der Waals surface area contributed by atoms with Gasteiger partial charge in [-0.1, -0.05) is 18.9 Å². The van der Waals surface area contributed by atoms with Gasteiger partial charge in [-0.05, 0) is 63.9 Å². The number of nitrogens with one attached hydrogen (secondary N) is 2. The normalized spacial score (nSPS) is 20.3. The zero-order valence-electron chi connectivity index (χ0n) is 26.7. The van der Waals surface area contributed by atoms with E-state index in [2.05, 4.69) is 15.6 Å². The lowest BCUT2D eigenvalue weighted by atomic mass is 9.76. The van der Waals surface area contributed by atoms with Crippen molar-refractivity contribution in [3.05, 3.63) is 39.8 Å². The summed E-state index contributed by atoms with van der Waals surface area (Å²) < 4.78 is 16.9. The van der Waals surface area contributed by atoms with Gasteiger partial charge in [0.1, 0.15) is 10.7 Å². The Morgan fingerprint density at radius 3 is 2.69 bits per heavy atom. The van der Waals surface area contributed by atoms with Crippen LogP contribution in [0, 0.1) is 11.3 Å². The molecule has 2 N–H and O–H groups in total. The van der Waals surface area contributed by atoms with Gasteiger partial charge < -0.3 is 34.6 Å². The Kier molecular flexibility index (Phi) is 12.2. The van der Waals surface area contributed by atoms with E-state index in [0.717, 1.165) is 23.4 Å². The van der Waals surface area contributed by atoms with Gasteiger partial charge in [-0.15, -0.1) is 11.3 Å². The number of methoxy groups -OCH3 is 1. The number of carbonyl (C=O) groups is 4. The molecule has 0 radical (unpaired) electrons. The topological polar surface area (TPSA) is 139 Å². The second-order valence-corrected chi connectivity index (χ2v) is 12.9. The van der Waals surface area contributed by atoms with Crippen LogP contribution in [0.1, 0.15) is 60.1 Å². The third-order valence-electron chi connectivity index (χ3n) is 7.88. The number of aromatic nitrogens is 1. The molecule has 1 aromatic heterocycles. The summed E-state index contributed by atoms with van der Waals surface area (Å²) in [6.45, 7) is 3.23. The zero-order chi connectivity index (χ0) is 32.4.